The van der Waals surface area contributed by atoms with Crippen LogP contribution in [0.25, 0.3) is 0 Å². The maximum atomic E-state index is 12.8. The average molecular weight is 262 g/mol. The molecule has 0 aliphatic rings. The van der Waals surface area contributed by atoms with Gasteiger partial charge >= 0.3 is 0 Å². The molecule has 1 aromatic heterocycles. The molecule has 0 fully saturated rings. The van der Waals surface area contributed by atoms with E-state index in [9.17, 15) is 9.18 Å². The summed E-state index contributed by atoms with van der Waals surface area (Å²) in [6, 6.07) is 6.00. The molecule has 1 amide bonds. The van der Waals surface area contributed by atoms with E-state index >= 15 is 0 Å². The Morgan fingerprint density at radius 2 is 2.05 bits per heavy atom. The molecule has 0 saturated heterocycles. The highest BCUT2D eigenvalue weighted by molar-refractivity contribution is 5.96. The van der Waals surface area contributed by atoms with Crippen LogP contribution >= 0.6 is 0 Å². The second kappa shape index (κ2) is 5.65. The monoisotopic (exact) mass is 262 g/mol. The van der Waals surface area contributed by atoms with Gasteiger partial charge in [-0.05, 0) is 24.6 Å². The van der Waals surface area contributed by atoms with Gasteiger partial charge in [-0.2, -0.15) is 0 Å². The predicted molar refractivity (Wildman–Crippen MR) is 68.2 cm³/mol. The number of benzene rings is 1. The maximum Gasteiger partial charge on any atom is 0.257 e. The van der Waals surface area contributed by atoms with Crippen LogP contribution in [-0.2, 0) is 13.0 Å². The van der Waals surface area contributed by atoms with Crippen LogP contribution in [0.3, 0.4) is 0 Å². The molecule has 5 heteroatoms. The fourth-order valence-electron chi connectivity index (χ4n) is 1.82. The van der Waals surface area contributed by atoms with Crippen molar-refractivity contribution >= 4 is 5.91 Å². The fourth-order valence-corrected chi connectivity index (χ4v) is 1.82. The summed E-state index contributed by atoms with van der Waals surface area (Å²) in [7, 11) is 0. The zero-order chi connectivity index (χ0) is 13.8. The van der Waals surface area contributed by atoms with Crippen LogP contribution in [0.2, 0.25) is 0 Å². The van der Waals surface area contributed by atoms with Gasteiger partial charge in [0.15, 0.2) is 0 Å². The third kappa shape index (κ3) is 2.99. The van der Waals surface area contributed by atoms with E-state index in [1.807, 2.05) is 6.92 Å². The molecule has 0 saturated carbocycles. The third-order valence-electron chi connectivity index (χ3n) is 2.85. The molecule has 0 radical (unpaired) electrons. The quantitative estimate of drug-likeness (QED) is 0.921. The lowest BCUT2D eigenvalue weighted by Gasteiger charge is -2.05. The molecule has 1 aromatic carbocycles. The zero-order valence-corrected chi connectivity index (χ0v) is 10.9. The van der Waals surface area contributed by atoms with Crippen molar-refractivity contribution < 1.29 is 13.7 Å². The van der Waals surface area contributed by atoms with Gasteiger partial charge in [0.2, 0.25) is 0 Å². The molecule has 4 nitrogen and oxygen atoms in total. The minimum atomic E-state index is -0.293. The first-order chi connectivity index (χ1) is 9.11. The molecule has 0 atom stereocenters. The van der Waals surface area contributed by atoms with Gasteiger partial charge < -0.3 is 9.84 Å². The summed E-state index contributed by atoms with van der Waals surface area (Å²) in [5, 5.41) is 6.56. The Morgan fingerprint density at radius 3 is 2.68 bits per heavy atom. The fraction of sp³-hybridized carbons (Fsp3) is 0.286. The molecule has 2 rings (SSSR count). The Labute approximate surface area is 110 Å². The summed E-state index contributed by atoms with van der Waals surface area (Å²) in [6.45, 7) is 3.97. The summed E-state index contributed by atoms with van der Waals surface area (Å²) in [4.78, 5) is 12.1. The number of carbonyl (C=O) groups excluding carboxylic acids is 1. The van der Waals surface area contributed by atoms with E-state index in [0.29, 0.717) is 30.0 Å². The second-order valence-corrected chi connectivity index (χ2v) is 4.23. The van der Waals surface area contributed by atoms with Gasteiger partial charge in [0, 0.05) is 13.0 Å². The van der Waals surface area contributed by atoms with Gasteiger partial charge in [-0.25, -0.2) is 4.39 Å². The Hall–Kier alpha value is -2.17. The largest absolute Gasteiger partial charge is 0.360 e. The molecule has 1 N–H and O–H groups in total. The lowest BCUT2D eigenvalue weighted by atomic mass is 10.1. The molecule has 2 aromatic rings. The number of rotatable bonds is 4. The molecule has 0 spiro atoms. The van der Waals surface area contributed by atoms with Crippen LogP contribution in [0.5, 0.6) is 0 Å². The van der Waals surface area contributed by atoms with Crippen molar-refractivity contribution in [2.24, 2.45) is 0 Å². The summed E-state index contributed by atoms with van der Waals surface area (Å²) < 4.78 is 17.8. The van der Waals surface area contributed by atoms with Gasteiger partial charge in [-0.3, -0.25) is 4.79 Å². The number of nitrogens with one attached hydrogen (secondary N) is 1. The molecule has 19 heavy (non-hydrogen) atoms. The lowest BCUT2D eigenvalue weighted by Crippen LogP contribution is -2.24. The summed E-state index contributed by atoms with van der Waals surface area (Å²) in [5.41, 5.74) is 1.90. The van der Waals surface area contributed by atoms with Crippen molar-refractivity contribution in [3.63, 3.8) is 0 Å². The molecular formula is C14H15FN2O2. The van der Waals surface area contributed by atoms with E-state index in [4.69, 9.17) is 4.52 Å². The minimum Gasteiger partial charge on any atom is -0.360 e. The minimum absolute atomic E-state index is 0.222. The van der Waals surface area contributed by atoms with E-state index in [-0.39, 0.29) is 11.7 Å². The van der Waals surface area contributed by atoms with Gasteiger partial charge in [0.25, 0.3) is 5.91 Å². The van der Waals surface area contributed by atoms with E-state index in [1.165, 1.54) is 12.1 Å². The van der Waals surface area contributed by atoms with Crippen LogP contribution in [0.4, 0.5) is 4.39 Å². The molecular weight excluding hydrogens is 247 g/mol. The Balaban J connectivity index is 2.05. The number of hydrogen-bond donors (Lipinski definition) is 1. The van der Waals surface area contributed by atoms with Gasteiger partial charge in [-0.1, -0.05) is 24.2 Å². The van der Waals surface area contributed by atoms with Gasteiger partial charge in [0.05, 0.1) is 5.69 Å². The number of nitrogens with zero attached hydrogens (tertiary/aromatic N) is 1. The van der Waals surface area contributed by atoms with Crippen molar-refractivity contribution in [2.45, 2.75) is 26.8 Å². The zero-order valence-electron chi connectivity index (χ0n) is 10.9. The highest BCUT2D eigenvalue weighted by Gasteiger charge is 2.18. The summed E-state index contributed by atoms with van der Waals surface area (Å²) >= 11 is 0. The van der Waals surface area contributed by atoms with Crippen LogP contribution in [0.15, 0.2) is 28.8 Å². The smallest absolute Gasteiger partial charge is 0.257 e. The van der Waals surface area contributed by atoms with Crippen molar-refractivity contribution in [2.75, 3.05) is 0 Å². The Morgan fingerprint density at radius 1 is 1.37 bits per heavy atom. The van der Waals surface area contributed by atoms with Crippen molar-refractivity contribution in [3.8, 4) is 0 Å². The van der Waals surface area contributed by atoms with E-state index in [0.717, 1.165) is 5.56 Å². The van der Waals surface area contributed by atoms with Crippen molar-refractivity contribution in [1.82, 2.24) is 10.5 Å². The van der Waals surface area contributed by atoms with Crippen molar-refractivity contribution in [3.05, 3.63) is 52.7 Å². The van der Waals surface area contributed by atoms with E-state index in [1.54, 1.807) is 19.1 Å². The number of carbonyl (C=O) groups is 1. The van der Waals surface area contributed by atoms with E-state index < -0.39 is 0 Å². The van der Waals surface area contributed by atoms with Crippen molar-refractivity contribution in [1.29, 1.82) is 0 Å². The SMILES string of the molecule is CCc1onc(C)c1C(=O)NCc1ccc(F)cc1. The van der Waals surface area contributed by atoms with Gasteiger partial charge in [0.1, 0.15) is 17.1 Å². The molecule has 0 aliphatic heterocycles. The second-order valence-electron chi connectivity index (χ2n) is 4.23. The highest BCUT2D eigenvalue weighted by atomic mass is 19.1. The van der Waals surface area contributed by atoms with E-state index in [2.05, 4.69) is 10.5 Å². The molecule has 0 aliphatic carbocycles. The highest BCUT2D eigenvalue weighted by Crippen LogP contribution is 2.14. The number of halogens is 1. The van der Waals surface area contributed by atoms with Crippen LogP contribution in [0.1, 0.15) is 34.3 Å². The first kappa shape index (κ1) is 13.3. The van der Waals surface area contributed by atoms with Crippen LogP contribution in [-0.4, -0.2) is 11.1 Å². The number of amides is 1. The number of aryl methyl sites for hydroxylation is 2. The molecule has 100 valence electrons. The normalized spacial score (nSPS) is 10.5. The molecule has 1 heterocycles. The standard InChI is InChI=1S/C14H15FN2O2/c1-3-12-13(9(2)17-19-12)14(18)16-8-10-4-6-11(15)7-5-10/h4-7H,3,8H2,1-2H3,(H,16,18). The molecule has 0 unspecified atom stereocenters. The first-order valence-corrected chi connectivity index (χ1v) is 6.09. The number of aromatic nitrogens is 1. The molecule has 0 bridgehead atoms. The summed E-state index contributed by atoms with van der Waals surface area (Å²) in [5.74, 6) is 0.0623. The maximum absolute atomic E-state index is 12.8. The topological polar surface area (TPSA) is 55.1 Å². The Kier molecular flexibility index (Phi) is 3.94. The summed E-state index contributed by atoms with van der Waals surface area (Å²) in [6.07, 6.45) is 0.611. The third-order valence-corrected chi connectivity index (χ3v) is 2.85. The number of hydrogen-bond acceptors (Lipinski definition) is 3. The van der Waals surface area contributed by atoms with Crippen LogP contribution in [0, 0.1) is 12.7 Å². The Bertz CT molecular complexity index is 576. The van der Waals surface area contributed by atoms with Crippen LogP contribution < -0.4 is 5.32 Å². The van der Waals surface area contributed by atoms with Gasteiger partial charge in [-0.15, -0.1) is 0 Å². The predicted octanol–water partition coefficient (Wildman–Crippen LogP) is 2.61. The first-order valence-electron chi connectivity index (χ1n) is 6.09. The lowest BCUT2D eigenvalue weighted by molar-refractivity contribution is 0.0948. The average Bonchev–Trinajstić information content (AvgIpc) is 2.79.